The highest BCUT2D eigenvalue weighted by atomic mass is 19.1. The minimum absolute atomic E-state index is 0.00487. The molecule has 7 heteroatoms. The van der Waals surface area contributed by atoms with Gasteiger partial charge in [0, 0.05) is 19.0 Å². The van der Waals surface area contributed by atoms with Gasteiger partial charge in [0.15, 0.2) is 0 Å². The molecule has 0 aromatic heterocycles. The van der Waals surface area contributed by atoms with Gasteiger partial charge >= 0.3 is 0 Å². The third kappa shape index (κ3) is 6.64. The van der Waals surface area contributed by atoms with E-state index in [1.807, 2.05) is 4.90 Å². The molecule has 29 heavy (non-hydrogen) atoms. The third-order valence-electron chi connectivity index (χ3n) is 5.11. The second kappa shape index (κ2) is 10.1. The maximum atomic E-state index is 12.9. The van der Waals surface area contributed by atoms with Crippen LogP contribution >= 0.6 is 0 Å². The Morgan fingerprint density at radius 3 is 1.83 bits per heavy atom. The maximum absolute atomic E-state index is 12.9. The molecule has 3 rings (SSSR count). The quantitative estimate of drug-likeness (QED) is 0.750. The van der Waals surface area contributed by atoms with E-state index < -0.39 is 0 Å². The molecular weight excluding hydrogens is 376 g/mol. The van der Waals surface area contributed by atoms with Crippen molar-refractivity contribution in [2.24, 2.45) is 5.92 Å². The molecule has 0 unspecified atom stereocenters. The highest BCUT2D eigenvalue weighted by Gasteiger charge is 2.25. The number of hydrogen-bond acceptors (Lipinski definition) is 3. The monoisotopic (exact) mass is 401 g/mol. The second-order valence-corrected chi connectivity index (χ2v) is 7.30. The molecule has 0 spiro atoms. The number of carbonyl (C=O) groups excluding carboxylic acids is 2. The van der Waals surface area contributed by atoms with Gasteiger partial charge in [-0.3, -0.25) is 14.5 Å². The molecule has 0 aliphatic carbocycles. The van der Waals surface area contributed by atoms with Crippen molar-refractivity contribution in [1.82, 2.24) is 15.5 Å². The number of nitrogens with one attached hydrogen (secondary N) is 2. The van der Waals surface area contributed by atoms with Crippen LogP contribution in [-0.2, 0) is 22.7 Å². The topological polar surface area (TPSA) is 61.4 Å². The standard InChI is InChI=1S/C22H25F2N3O2/c23-19-5-1-16(2-6-19)13-25-21(28)15-27-11-9-18(10-12-27)22(29)26-14-17-3-7-20(24)8-4-17/h1-8,18H,9-15H2,(H,25,28)(H,26,29). The summed E-state index contributed by atoms with van der Waals surface area (Å²) in [6.45, 7) is 2.38. The minimum atomic E-state index is -0.301. The van der Waals surface area contributed by atoms with E-state index in [0.717, 1.165) is 11.1 Å². The van der Waals surface area contributed by atoms with E-state index in [4.69, 9.17) is 0 Å². The average molecular weight is 401 g/mol. The lowest BCUT2D eigenvalue weighted by Gasteiger charge is -2.30. The molecule has 1 aliphatic rings. The van der Waals surface area contributed by atoms with Crippen LogP contribution in [0.15, 0.2) is 48.5 Å². The van der Waals surface area contributed by atoms with Crippen molar-refractivity contribution in [3.63, 3.8) is 0 Å². The first-order chi connectivity index (χ1) is 14.0. The highest BCUT2D eigenvalue weighted by molar-refractivity contribution is 5.79. The summed E-state index contributed by atoms with van der Waals surface area (Å²) in [6.07, 6.45) is 1.39. The van der Waals surface area contributed by atoms with E-state index >= 15 is 0 Å². The van der Waals surface area contributed by atoms with Gasteiger partial charge in [0.25, 0.3) is 0 Å². The van der Waals surface area contributed by atoms with Crippen LogP contribution in [0.25, 0.3) is 0 Å². The van der Waals surface area contributed by atoms with Crippen LogP contribution < -0.4 is 10.6 Å². The van der Waals surface area contributed by atoms with Gasteiger partial charge in [0.05, 0.1) is 6.54 Å². The molecule has 0 atom stereocenters. The Kier molecular flexibility index (Phi) is 7.30. The number of nitrogens with zero attached hydrogens (tertiary/aromatic N) is 1. The summed E-state index contributed by atoms with van der Waals surface area (Å²) in [4.78, 5) is 26.5. The van der Waals surface area contributed by atoms with Crippen LogP contribution in [-0.4, -0.2) is 36.3 Å². The van der Waals surface area contributed by atoms with E-state index in [2.05, 4.69) is 10.6 Å². The minimum Gasteiger partial charge on any atom is -0.352 e. The van der Waals surface area contributed by atoms with Gasteiger partial charge in [-0.15, -0.1) is 0 Å². The van der Waals surface area contributed by atoms with Gasteiger partial charge in [-0.05, 0) is 61.3 Å². The van der Waals surface area contributed by atoms with Crippen LogP contribution in [0.1, 0.15) is 24.0 Å². The molecule has 2 N–H and O–H groups in total. The van der Waals surface area contributed by atoms with Crippen LogP contribution in [0.5, 0.6) is 0 Å². The molecule has 2 aromatic carbocycles. The Hall–Kier alpha value is -2.80. The molecule has 1 fully saturated rings. The maximum Gasteiger partial charge on any atom is 0.234 e. The second-order valence-electron chi connectivity index (χ2n) is 7.30. The zero-order chi connectivity index (χ0) is 20.6. The number of amides is 2. The van der Waals surface area contributed by atoms with E-state index in [1.165, 1.54) is 24.3 Å². The van der Waals surface area contributed by atoms with E-state index in [1.54, 1.807) is 24.3 Å². The zero-order valence-electron chi connectivity index (χ0n) is 16.2. The van der Waals surface area contributed by atoms with Crippen molar-refractivity contribution in [2.45, 2.75) is 25.9 Å². The van der Waals surface area contributed by atoms with Crippen molar-refractivity contribution >= 4 is 11.8 Å². The summed E-state index contributed by atoms with van der Waals surface area (Å²) in [5.41, 5.74) is 1.70. The number of halogens is 2. The van der Waals surface area contributed by atoms with Crippen molar-refractivity contribution in [3.05, 3.63) is 71.3 Å². The number of benzene rings is 2. The van der Waals surface area contributed by atoms with Gasteiger partial charge in [-0.1, -0.05) is 24.3 Å². The predicted molar refractivity (Wildman–Crippen MR) is 106 cm³/mol. The van der Waals surface area contributed by atoms with E-state index in [9.17, 15) is 18.4 Å². The molecule has 1 heterocycles. The third-order valence-corrected chi connectivity index (χ3v) is 5.11. The van der Waals surface area contributed by atoms with Crippen LogP contribution in [0.4, 0.5) is 8.78 Å². The molecule has 2 aromatic rings. The number of likely N-dealkylation sites (tertiary alicyclic amines) is 1. The van der Waals surface area contributed by atoms with Gasteiger partial charge in [-0.25, -0.2) is 8.78 Å². The molecule has 1 saturated heterocycles. The summed E-state index contributed by atoms with van der Waals surface area (Å²) in [7, 11) is 0. The van der Waals surface area contributed by atoms with Gasteiger partial charge in [0.2, 0.25) is 11.8 Å². The summed E-state index contributed by atoms with van der Waals surface area (Å²) >= 11 is 0. The zero-order valence-corrected chi connectivity index (χ0v) is 16.2. The first-order valence-electron chi connectivity index (χ1n) is 9.75. The fourth-order valence-electron chi connectivity index (χ4n) is 3.35. The lowest BCUT2D eigenvalue weighted by atomic mass is 9.96. The molecule has 2 amide bonds. The average Bonchev–Trinajstić information content (AvgIpc) is 2.73. The molecule has 1 aliphatic heterocycles. The summed E-state index contributed by atoms with van der Waals surface area (Å²) in [6, 6.07) is 12.1. The largest absolute Gasteiger partial charge is 0.352 e. The van der Waals surface area contributed by atoms with Crippen molar-refractivity contribution in [3.8, 4) is 0 Å². The summed E-state index contributed by atoms with van der Waals surface area (Å²) < 4.78 is 25.8. The van der Waals surface area contributed by atoms with E-state index in [-0.39, 0.29) is 35.9 Å². The number of carbonyl (C=O) groups is 2. The number of hydrogen-bond donors (Lipinski definition) is 2. The smallest absolute Gasteiger partial charge is 0.234 e. The number of rotatable bonds is 7. The van der Waals surface area contributed by atoms with E-state index in [0.29, 0.717) is 39.0 Å². The van der Waals surface area contributed by atoms with Crippen molar-refractivity contribution in [2.75, 3.05) is 19.6 Å². The Labute approximate surface area is 169 Å². The lowest BCUT2D eigenvalue weighted by molar-refractivity contribution is -0.127. The van der Waals surface area contributed by atoms with Gasteiger partial charge < -0.3 is 10.6 Å². The van der Waals surface area contributed by atoms with Gasteiger partial charge in [0.1, 0.15) is 11.6 Å². The predicted octanol–water partition coefficient (Wildman–Crippen LogP) is 2.61. The Bertz CT molecular complexity index is 817. The summed E-state index contributed by atoms with van der Waals surface area (Å²) in [5, 5.41) is 5.73. The number of piperidine rings is 1. The van der Waals surface area contributed by atoms with Crippen molar-refractivity contribution in [1.29, 1.82) is 0 Å². The molecule has 0 saturated carbocycles. The first kappa shape index (κ1) is 20.9. The normalized spacial score (nSPS) is 15.1. The van der Waals surface area contributed by atoms with Crippen LogP contribution in [0, 0.1) is 17.6 Å². The lowest BCUT2D eigenvalue weighted by Crippen LogP contribution is -2.44. The summed E-state index contributed by atoms with van der Waals surface area (Å²) in [5.74, 6) is -0.768. The van der Waals surface area contributed by atoms with Gasteiger partial charge in [-0.2, -0.15) is 0 Å². The molecule has 154 valence electrons. The highest BCUT2D eigenvalue weighted by Crippen LogP contribution is 2.17. The Balaban J connectivity index is 1.34. The molecule has 5 nitrogen and oxygen atoms in total. The SMILES string of the molecule is O=C(CN1CCC(C(=O)NCc2ccc(F)cc2)CC1)NCc1ccc(F)cc1. The van der Waals surface area contributed by atoms with Crippen molar-refractivity contribution < 1.29 is 18.4 Å². The fraction of sp³-hybridized carbons (Fsp3) is 0.364. The van der Waals surface area contributed by atoms with Crippen LogP contribution in [0.3, 0.4) is 0 Å². The first-order valence-corrected chi connectivity index (χ1v) is 9.75. The van der Waals surface area contributed by atoms with Crippen LogP contribution in [0.2, 0.25) is 0 Å². The molecule has 0 bridgehead atoms. The molecular formula is C22H25F2N3O2. The fourth-order valence-corrected chi connectivity index (χ4v) is 3.35. The Morgan fingerprint density at radius 1 is 0.828 bits per heavy atom. The molecule has 0 radical (unpaired) electrons. The Morgan fingerprint density at radius 2 is 1.31 bits per heavy atom.